The predicted molar refractivity (Wildman–Crippen MR) is 124 cm³/mol. The number of hydrogen-bond donors (Lipinski definition) is 1. The largest absolute Gasteiger partial charge is 0.360 e. The predicted octanol–water partition coefficient (Wildman–Crippen LogP) is 3.97. The smallest absolute Gasteiger partial charge is 0.247 e. The average molecular weight is 427 g/mol. The molecule has 1 atom stereocenters. The zero-order valence-electron chi connectivity index (χ0n) is 19.0. The number of aromatic nitrogens is 1. The van der Waals surface area contributed by atoms with Crippen LogP contribution < -0.4 is 5.32 Å². The van der Waals surface area contributed by atoms with Gasteiger partial charge in [0, 0.05) is 18.2 Å². The molecule has 7 nitrogen and oxygen atoms in total. The number of carbonyl (C=O) groups is 2. The van der Waals surface area contributed by atoms with E-state index in [1.807, 2.05) is 37.3 Å². The molecule has 0 spiro atoms. The van der Waals surface area contributed by atoms with Crippen LogP contribution in [-0.4, -0.2) is 59.0 Å². The fourth-order valence-corrected chi connectivity index (χ4v) is 3.35. The molecule has 0 aliphatic rings. The van der Waals surface area contributed by atoms with Crippen molar-refractivity contribution in [3.8, 4) is 0 Å². The second-order valence-corrected chi connectivity index (χ2v) is 7.60. The van der Waals surface area contributed by atoms with Crippen molar-refractivity contribution in [2.24, 2.45) is 0 Å². The molecule has 0 unspecified atom stereocenters. The summed E-state index contributed by atoms with van der Waals surface area (Å²) in [6.07, 6.45) is 5.08. The zero-order valence-corrected chi connectivity index (χ0v) is 19.0. The average Bonchev–Trinajstić information content (AvgIpc) is 3.18. The van der Waals surface area contributed by atoms with Gasteiger partial charge in [0.2, 0.25) is 11.8 Å². The number of nitrogens with one attached hydrogen (secondary N) is 1. The van der Waals surface area contributed by atoms with Gasteiger partial charge in [-0.05, 0) is 58.0 Å². The third kappa shape index (κ3) is 8.38. The Morgan fingerprint density at radius 2 is 1.90 bits per heavy atom. The Balaban J connectivity index is 2.04. The standard InChI is InChI=1S/C24H34N4O3/c1-5-27(6-2)16-10-11-19(3)28(18-23(29)25-22-17-20(4)31-26-22)24(30)15-14-21-12-8-7-9-13-21/h7-9,12-15,17,19H,5-6,10-11,16,18H2,1-4H3,(H,25,26,29)/b15-14+/t19-/m0/s1. The van der Waals surface area contributed by atoms with Crippen LogP contribution in [-0.2, 0) is 9.59 Å². The van der Waals surface area contributed by atoms with Crippen molar-refractivity contribution in [1.29, 1.82) is 0 Å². The molecule has 1 aromatic carbocycles. The minimum Gasteiger partial charge on any atom is -0.360 e. The summed E-state index contributed by atoms with van der Waals surface area (Å²) in [4.78, 5) is 29.5. The van der Waals surface area contributed by atoms with Gasteiger partial charge < -0.3 is 19.6 Å². The molecule has 2 rings (SSSR count). The highest BCUT2D eigenvalue weighted by molar-refractivity contribution is 5.97. The second-order valence-electron chi connectivity index (χ2n) is 7.60. The van der Waals surface area contributed by atoms with E-state index in [0.29, 0.717) is 11.6 Å². The third-order valence-electron chi connectivity index (χ3n) is 5.23. The van der Waals surface area contributed by atoms with Crippen LogP contribution in [0.25, 0.3) is 6.08 Å². The number of nitrogens with zero attached hydrogens (tertiary/aromatic N) is 3. The van der Waals surface area contributed by atoms with Crippen molar-refractivity contribution in [3.05, 3.63) is 53.8 Å². The molecule has 31 heavy (non-hydrogen) atoms. The van der Waals surface area contributed by atoms with Crippen molar-refractivity contribution >= 4 is 23.7 Å². The van der Waals surface area contributed by atoms with Crippen LogP contribution in [0.1, 0.15) is 44.9 Å². The van der Waals surface area contributed by atoms with Gasteiger partial charge in [0.15, 0.2) is 5.82 Å². The van der Waals surface area contributed by atoms with Crippen LogP contribution in [0.15, 0.2) is 47.0 Å². The summed E-state index contributed by atoms with van der Waals surface area (Å²) >= 11 is 0. The van der Waals surface area contributed by atoms with Crippen LogP contribution in [0.3, 0.4) is 0 Å². The maximum absolute atomic E-state index is 13.0. The van der Waals surface area contributed by atoms with E-state index in [4.69, 9.17) is 4.52 Å². The molecule has 168 valence electrons. The first-order valence-electron chi connectivity index (χ1n) is 10.9. The molecule has 0 bridgehead atoms. The molecular weight excluding hydrogens is 392 g/mol. The summed E-state index contributed by atoms with van der Waals surface area (Å²) in [6.45, 7) is 11.0. The summed E-state index contributed by atoms with van der Waals surface area (Å²) in [5, 5.41) is 6.49. The van der Waals surface area contributed by atoms with Gasteiger partial charge in [0.1, 0.15) is 12.3 Å². The van der Waals surface area contributed by atoms with Gasteiger partial charge in [-0.2, -0.15) is 0 Å². The van der Waals surface area contributed by atoms with Crippen LogP contribution >= 0.6 is 0 Å². The highest BCUT2D eigenvalue weighted by Gasteiger charge is 2.22. The molecule has 0 aliphatic heterocycles. The van der Waals surface area contributed by atoms with E-state index in [2.05, 4.69) is 29.2 Å². The molecule has 2 aromatic rings. The molecule has 0 fully saturated rings. The van der Waals surface area contributed by atoms with Gasteiger partial charge in [-0.25, -0.2) is 0 Å². The molecule has 0 saturated carbocycles. The van der Waals surface area contributed by atoms with Gasteiger partial charge in [-0.3, -0.25) is 9.59 Å². The van der Waals surface area contributed by atoms with E-state index in [-0.39, 0.29) is 24.4 Å². The normalized spacial score (nSPS) is 12.3. The number of aryl methyl sites for hydroxylation is 1. The van der Waals surface area contributed by atoms with E-state index >= 15 is 0 Å². The van der Waals surface area contributed by atoms with E-state index in [1.54, 1.807) is 24.0 Å². The zero-order chi connectivity index (χ0) is 22.6. The quantitative estimate of drug-likeness (QED) is 0.520. The first-order valence-corrected chi connectivity index (χ1v) is 10.9. The molecular formula is C24H34N4O3. The SMILES string of the molecule is CCN(CC)CCC[C@H](C)N(CC(=O)Nc1cc(C)on1)C(=O)/C=C/c1ccccc1. The van der Waals surface area contributed by atoms with Gasteiger partial charge in [0.05, 0.1) is 0 Å². The van der Waals surface area contributed by atoms with Gasteiger partial charge >= 0.3 is 0 Å². The number of anilines is 1. The van der Waals surface area contributed by atoms with Crippen molar-refractivity contribution in [2.45, 2.75) is 46.6 Å². The van der Waals surface area contributed by atoms with Crippen molar-refractivity contribution < 1.29 is 14.1 Å². The van der Waals surface area contributed by atoms with Gasteiger partial charge in [-0.15, -0.1) is 0 Å². The van der Waals surface area contributed by atoms with E-state index in [0.717, 1.165) is 38.0 Å². The lowest BCUT2D eigenvalue weighted by Crippen LogP contribution is -2.43. The highest BCUT2D eigenvalue weighted by Crippen LogP contribution is 2.12. The summed E-state index contributed by atoms with van der Waals surface area (Å²) in [5.41, 5.74) is 0.938. The van der Waals surface area contributed by atoms with Crippen LogP contribution in [0.2, 0.25) is 0 Å². The molecule has 0 saturated heterocycles. The molecule has 1 aromatic heterocycles. The number of benzene rings is 1. The minimum atomic E-state index is -0.301. The Labute approximate surface area is 185 Å². The summed E-state index contributed by atoms with van der Waals surface area (Å²) in [6, 6.07) is 11.2. The number of hydrogen-bond acceptors (Lipinski definition) is 5. The third-order valence-corrected chi connectivity index (χ3v) is 5.23. The molecule has 0 radical (unpaired) electrons. The van der Waals surface area contributed by atoms with Crippen molar-refractivity contribution in [3.63, 3.8) is 0 Å². The maximum Gasteiger partial charge on any atom is 0.247 e. The fourth-order valence-electron chi connectivity index (χ4n) is 3.35. The first kappa shape index (κ1) is 24.3. The van der Waals surface area contributed by atoms with Crippen LogP contribution in [0.5, 0.6) is 0 Å². The Morgan fingerprint density at radius 1 is 1.19 bits per heavy atom. The van der Waals surface area contributed by atoms with E-state index < -0.39 is 0 Å². The fraction of sp³-hybridized carbons (Fsp3) is 0.458. The lowest BCUT2D eigenvalue weighted by molar-refractivity contribution is -0.132. The number of amides is 2. The molecule has 7 heteroatoms. The number of carbonyl (C=O) groups excluding carboxylic acids is 2. The lowest BCUT2D eigenvalue weighted by Gasteiger charge is -2.28. The Bertz CT molecular complexity index is 844. The Hall–Kier alpha value is -2.93. The Kier molecular flexibility index (Phi) is 9.97. The van der Waals surface area contributed by atoms with Crippen LogP contribution in [0, 0.1) is 6.92 Å². The monoisotopic (exact) mass is 426 g/mol. The summed E-state index contributed by atoms with van der Waals surface area (Å²) < 4.78 is 4.99. The number of rotatable bonds is 12. The van der Waals surface area contributed by atoms with Gasteiger partial charge in [-0.1, -0.05) is 49.3 Å². The lowest BCUT2D eigenvalue weighted by atomic mass is 10.1. The highest BCUT2D eigenvalue weighted by atomic mass is 16.5. The molecule has 1 N–H and O–H groups in total. The maximum atomic E-state index is 13.0. The van der Waals surface area contributed by atoms with Crippen molar-refractivity contribution in [2.75, 3.05) is 31.5 Å². The second kappa shape index (κ2) is 12.7. The minimum absolute atomic E-state index is 0.0453. The van der Waals surface area contributed by atoms with Crippen molar-refractivity contribution in [1.82, 2.24) is 15.0 Å². The molecule has 2 amide bonds. The molecule has 1 heterocycles. The first-order chi connectivity index (χ1) is 14.9. The molecule has 0 aliphatic carbocycles. The van der Waals surface area contributed by atoms with E-state index in [9.17, 15) is 9.59 Å². The van der Waals surface area contributed by atoms with E-state index in [1.165, 1.54) is 6.08 Å². The Morgan fingerprint density at radius 3 is 2.52 bits per heavy atom. The summed E-state index contributed by atoms with van der Waals surface area (Å²) in [7, 11) is 0. The van der Waals surface area contributed by atoms with Crippen LogP contribution in [0.4, 0.5) is 5.82 Å². The van der Waals surface area contributed by atoms with Gasteiger partial charge in [0.25, 0.3) is 0 Å². The topological polar surface area (TPSA) is 78.7 Å². The summed E-state index contributed by atoms with van der Waals surface area (Å²) in [5.74, 6) is 0.471.